The largest absolute Gasteiger partial charge is 0.491 e. The highest BCUT2D eigenvalue weighted by atomic mass is 35.5. The molecule has 2 fully saturated rings. The van der Waals surface area contributed by atoms with Gasteiger partial charge in [0.15, 0.2) is 0 Å². The molecule has 0 aliphatic carbocycles. The summed E-state index contributed by atoms with van der Waals surface area (Å²) in [6.45, 7) is 7.25. The average Bonchev–Trinajstić information content (AvgIpc) is 3.89. The van der Waals surface area contributed by atoms with E-state index in [9.17, 15) is 4.79 Å². The van der Waals surface area contributed by atoms with Crippen molar-refractivity contribution < 1.29 is 14.2 Å². The Hall–Kier alpha value is -4.36. The molecule has 2 atom stereocenters. The highest BCUT2D eigenvalue weighted by molar-refractivity contribution is 6.35. The Morgan fingerprint density at radius 3 is 2.24 bits per heavy atom. The molecular formula is C36H40Cl2N8O4. The van der Waals surface area contributed by atoms with Gasteiger partial charge >= 0.3 is 5.69 Å². The lowest BCUT2D eigenvalue weighted by molar-refractivity contribution is -0.190. The fourth-order valence-corrected chi connectivity index (χ4v) is 7.00. The van der Waals surface area contributed by atoms with E-state index in [0.29, 0.717) is 35.4 Å². The van der Waals surface area contributed by atoms with Crippen LogP contribution >= 0.6 is 23.2 Å². The molecule has 2 saturated heterocycles. The van der Waals surface area contributed by atoms with Crippen LogP contribution in [0, 0.1) is 0 Å². The molecule has 0 amide bonds. The molecule has 262 valence electrons. The second-order valence-corrected chi connectivity index (χ2v) is 13.4. The van der Waals surface area contributed by atoms with Crippen molar-refractivity contribution in [2.75, 3.05) is 49.2 Å². The van der Waals surface area contributed by atoms with E-state index in [4.69, 9.17) is 37.4 Å². The molecule has 2 aliphatic heterocycles. The Balaban J connectivity index is 0.912. The van der Waals surface area contributed by atoms with Crippen molar-refractivity contribution >= 4 is 34.6 Å². The summed E-state index contributed by atoms with van der Waals surface area (Å²) in [6.07, 6.45) is 7.51. The minimum atomic E-state index is -1.16. The third kappa shape index (κ3) is 7.53. The van der Waals surface area contributed by atoms with Crippen LogP contribution in [0.1, 0.15) is 31.7 Å². The van der Waals surface area contributed by atoms with Gasteiger partial charge in [0.25, 0.3) is 0 Å². The summed E-state index contributed by atoms with van der Waals surface area (Å²) >= 11 is 12.7. The van der Waals surface area contributed by atoms with Crippen molar-refractivity contribution in [1.29, 1.82) is 0 Å². The summed E-state index contributed by atoms with van der Waals surface area (Å²) in [5.41, 5.74) is 3.68. The van der Waals surface area contributed by atoms with Gasteiger partial charge in [0.2, 0.25) is 5.79 Å². The third-order valence-electron chi connectivity index (χ3n) is 9.15. The van der Waals surface area contributed by atoms with Gasteiger partial charge in [-0.3, -0.25) is 0 Å². The van der Waals surface area contributed by atoms with Crippen LogP contribution in [-0.4, -0.2) is 74.6 Å². The van der Waals surface area contributed by atoms with E-state index >= 15 is 0 Å². The second-order valence-electron chi connectivity index (χ2n) is 12.5. The summed E-state index contributed by atoms with van der Waals surface area (Å²) in [6, 6.07) is 21.6. The molecule has 50 heavy (non-hydrogen) atoms. The molecule has 0 radical (unpaired) electrons. The molecule has 2 aliphatic rings. The number of unbranched alkanes of at least 4 members (excludes halogenated alkanes) is 2. The predicted octanol–water partition coefficient (Wildman–Crippen LogP) is 5.80. The molecule has 0 spiro atoms. The zero-order valence-electron chi connectivity index (χ0n) is 27.9. The van der Waals surface area contributed by atoms with Crippen LogP contribution in [-0.2, 0) is 28.4 Å². The number of rotatable bonds is 13. The molecule has 14 heteroatoms. The maximum Gasteiger partial charge on any atom is 0.350 e. The zero-order chi connectivity index (χ0) is 34.5. The van der Waals surface area contributed by atoms with Crippen molar-refractivity contribution in [1.82, 2.24) is 29.1 Å². The number of piperazine rings is 1. The maximum atomic E-state index is 12.8. The maximum absolute atomic E-state index is 12.8. The normalized spacial score (nSPS) is 19.3. The Morgan fingerprint density at radius 2 is 1.58 bits per heavy atom. The topological polar surface area (TPSA) is 105 Å². The van der Waals surface area contributed by atoms with Gasteiger partial charge in [-0.15, -0.1) is 0 Å². The van der Waals surface area contributed by atoms with E-state index < -0.39 is 5.79 Å². The fraction of sp³-hybridized carbons (Fsp3) is 0.389. The molecule has 12 nitrogen and oxygen atoms in total. The van der Waals surface area contributed by atoms with Crippen molar-refractivity contribution in [3.63, 3.8) is 0 Å². The number of anilines is 2. The van der Waals surface area contributed by atoms with Crippen molar-refractivity contribution in [2.24, 2.45) is 0 Å². The Morgan fingerprint density at radius 1 is 0.880 bits per heavy atom. The van der Waals surface area contributed by atoms with Crippen LogP contribution in [0.25, 0.3) is 5.69 Å². The average molecular weight is 720 g/mol. The summed E-state index contributed by atoms with van der Waals surface area (Å²) in [7, 11) is 0. The van der Waals surface area contributed by atoms with E-state index in [1.165, 1.54) is 6.33 Å². The number of hydrogen-bond acceptors (Lipinski definition) is 9. The molecule has 7 rings (SSSR count). The van der Waals surface area contributed by atoms with Crippen LogP contribution in [0.2, 0.25) is 10.0 Å². The number of ether oxygens (including phenoxy) is 3. The van der Waals surface area contributed by atoms with Gasteiger partial charge in [-0.25, -0.2) is 23.7 Å². The van der Waals surface area contributed by atoms with Crippen molar-refractivity contribution in [3.8, 4) is 11.4 Å². The SMILES string of the molecule is CCCCCn1ncn(-c2ccc(N3CCN(c4ccc(OCC5COC(Cn6cncn6)(c6ccc(Cl)cc6Cl)O5)cc4)CC3)cc2)c1=O. The van der Waals surface area contributed by atoms with Gasteiger partial charge in [0.05, 0.1) is 17.3 Å². The molecule has 4 heterocycles. The first kappa shape index (κ1) is 34.1. The Labute approximate surface area is 300 Å². The summed E-state index contributed by atoms with van der Waals surface area (Å²) in [4.78, 5) is 21.6. The van der Waals surface area contributed by atoms with Gasteiger partial charge in [0, 0.05) is 54.7 Å². The number of aryl methyl sites for hydroxylation is 1. The van der Waals surface area contributed by atoms with Crippen LogP contribution in [0.15, 0.2) is 90.5 Å². The molecule has 3 aromatic carbocycles. The number of hydrogen-bond donors (Lipinski definition) is 0. The van der Waals surface area contributed by atoms with Crippen molar-refractivity contribution in [3.05, 3.63) is 112 Å². The molecule has 0 N–H and O–H groups in total. The minimum Gasteiger partial charge on any atom is -0.491 e. The second kappa shape index (κ2) is 15.3. The number of nitrogens with zero attached hydrogens (tertiary/aromatic N) is 8. The van der Waals surface area contributed by atoms with Crippen LogP contribution in [0.5, 0.6) is 5.75 Å². The fourth-order valence-electron chi connectivity index (χ4n) is 6.45. The van der Waals surface area contributed by atoms with Gasteiger partial charge in [-0.05, 0) is 67.1 Å². The van der Waals surface area contributed by atoms with Gasteiger partial charge in [-0.1, -0.05) is 49.0 Å². The highest BCUT2D eigenvalue weighted by Crippen LogP contribution is 2.40. The lowest BCUT2D eigenvalue weighted by Crippen LogP contribution is -2.46. The minimum absolute atomic E-state index is 0.0966. The zero-order valence-corrected chi connectivity index (χ0v) is 29.4. The number of aromatic nitrogens is 6. The first-order valence-corrected chi connectivity index (χ1v) is 17.7. The lowest BCUT2D eigenvalue weighted by atomic mass is 10.1. The summed E-state index contributed by atoms with van der Waals surface area (Å²) in [5.74, 6) is -0.408. The van der Waals surface area contributed by atoms with E-state index in [-0.39, 0.29) is 18.3 Å². The quantitative estimate of drug-likeness (QED) is 0.140. The Bertz CT molecular complexity index is 1910. The van der Waals surface area contributed by atoms with Crippen molar-refractivity contribution in [2.45, 2.75) is 51.2 Å². The third-order valence-corrected chi connectivity index (χ3v) is 9.70. The summed E-state index contributed by atoms with van der Waals surface area (Å²) in [5, 5.41) is 9.51. The number of halogens is 2. The van der Waals surface area contributed by atoms with E-state index in [1.54, 1.807) is 38.7 Å². The van der Waals surface area contributed by atoms with Crippen LogP contribution in [0.4, 0.5) is 11.4 Å². The lowest BCUT2D eigenvalue weighted by Gasteiger charge is -2.37. The molecule has 0 bridgehead atoms. The van der Waals surface area contributed by atoms with E-state index in [1.807, 2.05) is 30.3 Å². The molecule has 5 aromatic rings. The first-order chi connectivity index (χ1) is 24.4. The van der Waals surface area contributed by atoms with E-state index in [0.717, 1.165) is 68.3 Å². The standard InChI is InChI=1S/C36H40Cl2N8O4/c1-2-3-4-15-46-35(47)45(26-41-46)30-8-6-28(7-9-30)42-16-18-43(19-17-42)29-10-12-31(13-11-29)48-21-32-22-49-36(50-32,23-44-25-39-24-40-44)33-14-5-27(37)20-34(33)38/h5-14,20,24-26,32H,2-4,15-19,21-23H2,1H3. The van der Waals surface area contributed by atoms with E-state index in [2.05, 4.69) is 56.2 Å². The monoisotopic (exact) mass is 718 g/mol. The molecule has 0 saturated carbocycles. The summed E-state index contributed by atoms with van der Waals surface area (Å²) < 4.78 is 23.7. The highest BCUT2D eigenvalue weighted by Gasteiger charge is 2.45. The van der Waals surface area contributed by atoms with Crippen LogP contribution in [0.3, 0.4) is 0 Å². The molecular weight excluding hydrogens is 679 g/mol. The number of benzene rings is 3. The molecule has 2 aromatic heterocycles. The predicted molar refractivity (Wildman–Crippen MR) is 193 cm³/mol. The van der Waals surface area contributed by atoms with Gasteiger partial charge in [0.1, 0.15) is 44.0 Å². The first-order valence-electron chi connectivity index (χ1n) is 17.0. The smallest absolute Gasteiger partial charge is 0.350 e. The van der Waals surface area contributed by atoms with Gasteiger partial charge < -0.3 is 24.0 Å². The van der Waals surface area contributed by atoms with Crippen LogP contribution < -0.4 is 20.2 Å². The van der Waals surface area contributed by atoms with Gasteiger partial charge in [-0.2, -0.15) is 10.2 Å². The molecule has 2 unspecified atom stereocenters. The Kier molecular flexibility index (Phi) is 10.4.